The van der Waals surface area contributed by atoms with Crippen molar-refractivity contribution in [1.29, 1.82) is 0 Å². The third kappa shape index (κ3) is 2.09. The van der Waals surface area contributed by atoms with Crippen LogP contribution in [0.5, 0.6) is 0 Å². The van der Waals surface area contributed by atoms with Crippen LogP contribution >= 0.6 is 0 Å². The van der Waals surface area contributed by atoms with Gasteiger partial charge < -0.3 is 14.4 Å². The summed E-state index contributed by atoms with van der Waals surface area (Å²) in [6, 6.07) is 0. The van der Waals surface area contributed by atoms with Crippen LogP contribution in [0.3, 0.4) is 0 Å². The standard InChI is InChI=1S/C8H10N2O4/c1-5-7(14-4-9-5)8(13)10(2)3-6(11)12/h4H,3H2,1-2H3,(H,11,12). The quantitative estimate of drug-likeness (QED) is 0.746. The van der Waals surface area contributed by atoms with Crippen molar-refractivity contribution >= 4 is 11.9 Å². The number of carboxylic acid groups (broad SMARTS) is 1. The minimum absolute atomic E-state index is 0.0775. The Morgan fingerprint density at radius 3 is 2.71 bits per heavy atom. The normalized spacial score (nSPS) is 9.86. The van der Waals surface area contributed by atoms with Gasteiger partial charge in [-0.2, -0.15) is 0 Å². The summed E-state index contributed by atoms with van der Waals surface area (Å²) in [6.07, 6.45) is 1.15. The molecular formula is C8H10N2O4. The average molecular weight is 198 g/mol. The number of carbonyl (C=O) groups excluding carboxylic acids is 1. The molecule has 0 aliphatic rings. The van der Waals surface area contributed by atoms with Gasteiger partial charge in [0.05, 0.1) is 5.69 Å². The number of aromatic nitrogens is 1. The molecule has 0 aliphatic carbocycles. The zero-order valence-corrected chi connectivity index (χ0v) is 7.85. The van der Waals surface area contributed by atoms with Gasteiger partial charge in [-0.15, -0.1) is 0 Å². The van der Waals surface area contributed by atoms with Crippen LogP contribution in [0.15, 0.2) is 10.8 Å². The topological polar surface area (TPSA) is 83.6 Å². The Bertz CT molecular complexity index is 358. The summed E-state index contributed by atoms with van der Waals surface area (Å²) in [6.45, 7) is 1.25. The Balaban J connectivity index is 2.76. The fraction of sp³-hybridized carbons (Fsp3) is 0.375. The third-order valence-corrected chi connectivity index (χ3v) is 1.66. The van der Waals surface area contributed by atoms with Gasteiger partial charge in [0.1, 0.15) is 6.54 Å². The van der Waals surface area contributed by atoms with E-state index < -0.39 is 11.9 Å². The first-order chi connectivity index (χ1) is 6.52. The maximum absolute atomic E-state index is 11.5. The lowest BCUT2D eigenvalue weighted by Crippen LogP contribution is -2.32. The number of amides is 1. The summed E-state index contributed by atoms with van der Waals surface area (Å²) < 4.78 is 4.83. The first-order valence-corrected chi connectivity index (χ1v) is 3.89. The first-order valence-electron chi connectivity index (χ1n) is 3.89. The van der Waals surface area contributed by atoms with Gasteiger partial charge >= 0.3 is 5.97 Å². The fourth-order valence-electron chi connectivity index (χ4n) is 0.955. The second-order valence-corrected chi connectivity index (χ2v) is 2.82. The lowest BCUT2D eigenvalue weighted by Gasteiger charge is -2.12. The van der Waals surface area contributed by atoms with Crippen LogP contribution in [0.1, 0.15) is 16.2 Å². The number of aliphatic carboxylic acids is 1. The van der Waals surface area contributed by atoms with E-state index in [-0.39, 0.29) is 12.3 Å². The van der Waals surface area contributed by atoms with E-state index in [4.69, 9.17) is 9.52 Å². The number of rotatable bonds is 3. The SMILES string of the molecule is Cc1ncoc1C(=O)N(C)CC(=O)O. The Morgan fingerprint density at radius 2 is 2.29 bits per heavy atom. The Labute approximate surface area is 80.1 Å². The zero-order chi connectivity index (χ0) is 10.7. The van der Waals surface area contributed by atoms with Crippen LogP contribution in [-0.4, -0.2) is 40.5 Å². The van der Waals surface area contributed by atoms with Gasteiger partial charge in [0.25, 0.3) is 5.91 Å². The minimum Gasteiger partial charge on any atom is -0.480 e. The highest BCUT2D eigenvalue weighted by atomic mass is 16.4. The predicted molar refractivity (Wildman–Crippen MR) is 45.8 cm³/mol. The molecule has 0 unspecified atom stereocenters. The monoisotopic (exact) mass is 198 g/mol. The molecule has 0 fully saturated rings. The summed E-state index contributed by atoms with van der Waals surface area (Å²) in [5.74, 6) is -1.48. The van der Waals surface area contributed by atoms with Crippen LogP contribution in [0.4, 0.5) is 0 Å². The van der Waals surface area contributed by atoms with Crippen molar-refractivity contribution in [3.05, 3.63) is 17.8 Å². The number of nitrogens with zero attached hydrogens (tertiary/aromatic N) is 2. The van der Waals surface area contributed by atoms with Crippen LogP contribution in [0.2, 0.25) is 0 Å². The second kappa shape index (κ2) is 3.91. The molecular weight excluding hydrogens is 188 g/mol. The van der Waals surface area contributed by atoms with Crippen molar-refractivity contribution in [3.8, 4) is 0 Å². The molecule has 1 heterocycles. The number of hydrogen-bond acceptors (Lipinski definition) is 4. The Hall–Kier alpha value is -1.85. The molecule has 0 saturated heterocycles. The molecule has 0 atom stereocenters. The van der Waals surface area contributed by atoms with Gasteiger partial charge in [0.2, 0.25) is 5.76 Å². The smallest absolute Gasteiger partial charge is 0.323 e. The fourth-order valence-corrected chi connectivity index (χ4v) is 0.955. The van der Waals surface area contributed by atoms with E-state index in [2.05, 4.69) is 4.98 Å². The summed E-state index contributed by atoms with van der Waals surface area (Å²) in [7, 11) is 1.39. The molecule has 0 bridgehead atoms. The summed E-state index contributed by atoms with van der Waals surface area (Å²) in [5, 5.41) is 8.46. The van der Waals surface area contributed by atoms with E-state index in [1.807, 2.05) is 0 Å². The molecule has 1 aromatic heterocycles. The van der Waals surface area contributed by atoms with E-state index in [1.54, 1.807) is 6.92 Å². The number of oxazole rings is 1. The van der Waals surface area contributed by atoms with Gasteiger partial charge in [0, 0.05) is 7.05 Å². The van der Waals surface area contributed by atoms with Crippen molar-refractivity contribution in [2.75, 3.05) is 13.6 Å². The van der Waals surface area contributed by atoms with Crippen molar-refractivity contribution in [2.45, 2.75) is 6.92 Å². The lowest BCUT2D eigenvalue weighted by atomic mass is 10.3. The number of likely N-dealkylation sites (N-methyl/N-ethyl adjacent to an activating group) is 1. The van der Waals surface area contributed by atoms with Gasteiger partial charge in [-0.3, -0.25) is 9.59 Å². The van der Waals surface area contributed by atoms with Gasteiger partial charge in [0.15, 0.2) is 6.39 Å². The minimum atomic E-state index is -1.07. The van der Waals surface area contributed by atoms with E-state index in [0.29, 0.717) is 5.69 Å². The maximum atomic E-state index is 11.5. The summed E-state index contributed by atoms with van der Waals surface area (Å²) >= 11 is 0. The molecule has 76 valence electrons. The first kappa shape index (κ1) is 10.2. The van der Waals surface area contributed by atoms with Crippen LogP contribution < -0.4 is 0 Å². The average Bonchev–Trinajstić information content (AvgIpc) is 2.48. The highest BCUT2D eigenvalue weighted by molar-refractivity contribution is 5.93. The molecule has 1 N–H and O–H groups in total. The number of aryl methyl sites for hydroxylation is 1. The number of hydrogen-bond donors (Lipinski definition) is 1. The Kier molecular flexibility index (Phi) is 2.85. The molecule has 1 aromatic rings. The lowest BCUT2D eigenvalue weighted by molar-refractivity contribution is -0.137. The Morgan fingerprint density at radius 1 is 1.64 bits per heavy atom. The molecule has 0 aliphatic heterocycles. The molecule has 0 saturated carbocycles. The largest absolute Gasteiger partial charge is 0.480 e. The van der Waals surface area contributed by atoms with Gasteiger partial charge in [-0.1, -0.05) is 0 Å². The van der Waals surface area contributed by atoms with E-state index in [1.165, 1.54) is 7.05 Å². The molecule has 0 aromatic carbocycles. The van der Waals surface area contributed by atoms with Crippen LogP contribution in [-0.2, 0) is 4.79 Å². The predicted octanol–water partition coefficient (Wildman–Crippen LogP) is 0.140. The molecule has 0 spiro atoms. The van der Waals surface area contributed by atoms with Crippen molar-refractivity contribution in [3.63, 3.8) is 0 Å². The maximum Gasteiger partial charge on any atom is 0.323 e. The molecule has 14 heavy (non-hydrogen) atoms. The van der Waals surface area contributed by atoms with Crippen molar-refractivity contribution < 1.29 is 19.1 Å². The van der Waals surface area contributed by atoms with E-state index in [9.17, 15) is 9.59 Å². The summed E-state index contributed by atoms with van der Waals surface area (Å²) in [5.41, 5.74) is 0.451. The number of carboxylic acids is 1. The highest BCUT2D eigenvalue weighted by Gasteiger charge is 2.19. The van der Waals surface area contributed by atoms with Crippen LogP contribution in [0, 0.1) is 6.92 Å². The van der Waals surface area contributed by atoms with Crippen molar-refractivity contribution in [2.24, 2.45) is 0 Å². The van der Waals surface area contributed by atoms with Gasteiger partial charge in [-0.05, 0) is 6.92 Å². The van der Waals surface area contributed by atoms with E-state index in [0.717, 1.165) is 11.3 Å². The molecule has 6 heteroatoms. The molecule has 1 rings (SSSR count). The number of carbonyl (C=O) groups is 2. The van der Waals surface area contributed by atoms with Gasteiger partial charge in [-0.25, -0.2) is 4.98 Å². The molecule has 0 radical (unpaired) electrons. The van der Waals surface area contributed by atoms with Crippen LogP contribution in [0.25, 0.3) is 0 Å². The van der Waals surface area contributed by atoms with E-state index >= 15 is 0 Å². The molecule has 6 nitrogen and oxygen atoms in total. The summed E-state index contributed by atoms with van der Waals surface area (Å²) in [4.78, 5) is 26.6. The third-order valence-electron chi connectivity index (χ3n) is 1.66. The molecule has 1 amide bonds. The highest BCUT2D eigenvalue weighted by Crippen LogP contribution is 2.07. The second-order valence-electron chi connectivity index (χ2n) is 2.82. The van der Waals surface area contributed by atoms with Crippen molar-refractivity contribution in [1.82, 2.24) is 9.88 Å². The zero-order valence-electron chi connectivity index (χ0n) is 7.85.